The number of carbonyl (C=O) groups is 2. The molecule has 0 heterocycles. The number of nitriles is 1. The predicted molar refractivity (Wildman–Crippen MR) is 79.6 cm³/mol. The van der Waals surface area contributed by atoms with Crippen LogP contribution in [0.3, 0.4) is 0 Å². The molecule has 4 nitrogen and oxygen atoms in total. The maximum absolute atomic E-state index is 11.8. The molecule has 0 radical (unpaired) electrons. The van der Waals surface area contributed by atoms with Crippen molar-refractivity contribution in [2.75, 3.05) is 5.32 Å². The average molecular weight is 278 g/mol. The second kappa shape index (κ2) is 7.01. The van der Waals surface area contributed by atoms with Gasteiger partial charge in [0.15, 0.2) is 0 Å². The number of Topliss-reactive ketones (excluding diaryl/α,β-unsaturated/α-hetero) is 1. The van der Waals surface area contributed by atoms with Gasteiger partial charge in [-0.2, -0.15) is 5.26 Å². The van der Waals surface area contributed by atoms with E-state index in [1.807, 2.05) is 36.4 Å². The summed E-state index contributed by atoms with van der Waals surface area (Å²) in [6, 6.07) is 18.1. The molecule has 1 N–H and O–H groups in total. The minimum absolute atomic E-state index is 0.143. The van der Waals surface area contributed by atoms with E-state index in [0.29, 0.717) is 17.7 Å². The summed E-state index contributed by atoms with van der Waals surface area (Å²) in [5, 5.41) is 11.4. The van der Waals surface area contributed by atoms with Crippen LogP contribution in [0.2, 0.25) is 0 Å². The molecule has 0 aliphatic heterocycles. The van der Waals surface area contributed by atoms with Crippen molar-refractivity contribution in [3.05, 3.63) is 65.7 Å². The van der Waals surface area contributed by atoms with Crippen LogP contribution in [-0.2, 0) is 16.0 Å². The van der Waals surface area contributed by atoms with Crippen LogP contribution in [0.15, 0.2) is 54.6 Å². The molecule has 0 bridgehead atoms. The van der Waals surface area contributed by atoms with Crippen molar-refractivity contribution in [3.8, 4) is 6.07 Å². The van der Waals surface area contributed by atoms with Gasteiger partial charge in [-0.05, 0) is 24.1 Å². The molecule has 21 heavy (non-hydrogen) atoms. The van der Waals surface area contributed by atoms with Crippen LogP contribution in [0.25, 0.3) is 0 Å². The first kappa shape index (κ1) is 14.5. The standard InChI is InChI=1S/C17H14N2O2/c18-12-14-8-4-5-9-15(14)19-17(21)16(20)11-10-13-6-2-1-3-7-13/h1-9H,10-11H2,(H,19,21). The van der Waals surface area contributed by atoms with Gasteiger partial charge in [0.25, 0.3) is 5.91 Å². The zero-order valence-corrected chi connectivity index (χ0v) is 11.4. The van der Waals surface area contributed by atoms with E-state index in [2.05, 4.69) is 5.32 Å². The number of hydrogen-bond donors (Lipinski definition) is 1. The predicted octanol–water partition coefficient (Wildman–Crippen LogP) is 2.70. The van der Waals surface area contributed by atoms with Crippen LogP contribution in [0.5, 0.6) is 0 Å². The SMILES string of the molecule is N#Cc1ccccc1NC(=O)C(=O)CCc1ccccc1. The summed E-state index contributed by atoms with van der Waals surface area (Å²) in [4.78, 5) is 23.7. The third kappa shape index (κ3) is 4.02. The van der Waals surface area contributed by atoms with Crippen LogP contribution < -0.4 is 5.32 Å². The normalized spacial score (nSPS) is 9.67. The average Bonchev–Trinajstić information content (AvgIpc) is 2.54. The van der Waals surface area contributed by atoms with Crippen molar-refractivity contribution in [3.63, 3.8) is 0 Å². The Kier molecular flexibility index (Phi) is 4.84. The summed E-state index contributed by atoms with van der Waals surface area (Å²) < 4.78 is 0. The highest BCUT2D eigenvalue weighted by molar-refractivity contribution is 6.40. The Bertz CT molecular complexity index is 687. The first-order chi connectivity index (χ1) is 10.2. The molecule has 0 aromatic heterocycles. The minimum Gasteiger partial charge on any atom is -0.318 e. The molecule has 0 spiro atoms. The fraction of sp³-hybridized carbons (Fsp3) is 0.118. The number of ketones is 1. The zero-order valence-electron chi connectivity index (χ0n) is 11.4. The van der Waals surface area contributed by atoms with Crippen LogP contribution in [0.4, 0.5) is 5.69 Å². The van der Waals surface area contributed by atoms with Crippen molar-refractivity contribution in [2.45, 2.75) is 12.8 Å². The van der Waals surface area contributed by atoms with E-state index in [0.717, 1.165) is 5.56 Å². The molecular weight excluding hydrogens is 264 g/mol. The van der Waals surface area contributed by atoms with E-state index < -0.39 is 11.7 Å². The highest BCUT2D eigenvalue weighted by Crippen LogP contribution is 2.13. The smallest absolute Gasteiger partial charge is 0.291 e. The third-order valence-corrected chi connectivity index (χ3v) is 3.03. The van der Waals surface area contributed by atoms with Gasteiger partial charge >= 0.3 is 0 Å². The molecule has 0 aliphatic carbocycles. The summed E-state index contributed by atoms with van der Waals surface area (Å²) in [5.41, 5.74) is 1.70. The van der Waals surface area contributed by atoms with Crippen molar-refractivity contribution < 1.29 is 9.59 Å². The van der Waals surface area contributed by atoms with Crippen LogP contribution >= 0.6 is 0 Å². The zero-order chi connectivity index (χ0) is 15.1. The Morgan fingerprint density at radius 1 is 1.00 bits per heavy atom. The lowest BCUT2D eigenvalue weighted by Crippen LogP contribution is -2.23. The second-order valence-electron chi connectivity index (χ2n) is 4.52. The van der Waals surface area contributed by atoms with Crippen LogP contribution in [0.1, 0.15) is 17.5 Å². The second-order valence-corrected chi connectivity index (χ2v) is 4.52. The molecule has 0 fully saturated rings. The fourth-order valence-electron chi connectivity index (χ4n) is 1.90. The molecule has 0 saturated carbocycles. The Labute approximate surface area is 123 Å². The first-order valence-electron chi connectivity index (χ1n) is 6.58. The molecule has 1 amide bonds. The van der Waals surface area contributed by atoms with Crippen LogP contribution in [-0.4, -0.2) is 11.7 Å². The van der Waals surface area contributed by atoms with E-state index in [1.54, 1.807) is 24.3 Å². The molecule has 2 aromatic carbocycles. The van der Waals surface area contributed by atoms with Crippen LogP contribution in [0, 0.1) is 11.3 Å². The van der Waals surface area contributed by atoms with E-state index in [1.165, 1.54) is 0 Å². The Hall–Kier alpha value is -2.93. The highest BCUT2D eigenvalue weighted by atomic mass is 16.2. The lowest BCUT2D eigenvalue weighted by atomic mass is 10.1. The number of benzene rings is 2. The highest BCUT2D eigenvalue weighted by Gasteiger charge is 2.15. The number of hydrogen-bond acceptors (Lipinski definition) is 3. The number of rotatable bonds is 5. The molecule has 0 aliphatic rings. The van der Waals surface area contributed by atoms with Gasteiger partial charge in [0.05, 0.1) is 11.3 Å². The number of aryl methyl sites for hydroxylation is 1. The molecule has 0 atom stereocenters. The maximum Gasteiger partial charge on any atom is 0.291 e. The minimum atomic E-state index is -0.686. The fourth-order valence-corrected chi connectivity index (χ4v) is 1.90. The lowest BCUT2D eigenvalue weighted by molar-refractivity contribution is -0.134. The first-order valence-corrected chi connectivity index (χ1v) is 6.58. The van der Waals surface area contributed by atoms with Crippen molar-refractivity contribution in [1.82, 2.24) is 0 Å². The lowest BCUT2D eigenvalue weighted by Gasteiger charge is -2.06. The summed E-state index contributed by atoms with van der Waals surface area (Å²) in [7, 11) is 0. The molecule has 4 heteroatoms. The Balaban J connectivity index is 1.94. The molecule has 0 saturated heterocycles. The van der Waals surface area contributed by atoms with E-state index in [-0.39, 0.29) is 6.42 Å². The largest absolute Gasteiger partial charge is 0.318 e. The summed E-state index contributed by atoms with van der Waals surface area (Å²) in [5.74, 6) is -1.18. The number of anilines is 1. The summed E-state index contributed by atoms with van der Waals surface area (Å²) in [6.45, 7) is 0. The van der Waals surface area contributed by atoms with E-state index in [4.69, 9.17) is 5.26 Å². The number of amides is 1. The Morgan fingerprint density at radius 2 is 1.67 bits per heavy atom. The van der Waals surface area contributed by atoms with Gasteiger partial charge in [-0.25, -0.2) is 0 Å². The van der Waals surface area contributed by atoms with Gasteiger partial charge in [0.1, 0.15) is 6.07 Å². The summed E-state index contributed by atoms with van der Waals surface area (Å²) in [6.07, 6.45) is 0.664. The van der Waals surface area contributed by atoms with Crippen molar-refractivity contribution in [1.29, 1.82) is 5.26 Å². The van der Waals surface area contributed by atoms with Crippen molar-refractivity contribution >= 4 is 17.4 Å². The number of carbonyl (C=O) groups excluding carboxylic acids is 2. The number of nitrogens with one attached hydrogen (secondary N) is 1. The topological polar surface area (TPSA) is 70.0 Å². The van der Waals surface area contributed by atoms with Gasteiger partial charge in [-0.1, -0.05) is 42.5 Å². The van der Waals surface area contributed by atoms with E-state index in [9.17, 15) is 9.59 Å². The Morgan fingerprint density at radius 3 is 2.38 bits per heavy atom. The molecule has 104 valence electrons. The molecule has 0 unspecified atom stereocenters. The van der Waals surface area contributed by atoms with Gasteiger partial charge in [0, 0.05) is 6.42 Å². The van der Waals surface area contributed by atoms with Gasteiger partial charge in [-0.3, -0.25) is 9.59 Å². The third-order valence-electron chi connectivity index (χ3n) is 3.03. The van der Waals surface area contributed by atoms with E-state index >= 15 is 0 Å². The monoisotopic (exact) mass is 278 g/mol. The van der Waals surface area contributed by atoms with Gasteiger partial charge in [-0.15, -0.1) is 0 Å². The van der Waals surface area contributed by atoms with Gasteiger partial charge < -0.3 is 5.32 Å². The van der Waals surface area contributed by atoms with Crippen molar-refractivity contribution in [2.24, 2.45) is 0 Å². The summed E-state index contributed by atoms with van der Waals surface area (Å²) >= 11 is 0. The van der Waals surface area contributed by atoms with Gasteiger partial charge in [0.2, 0.25) is 5.78 Å². The maximum atomic E-state index is 11.8. The molecular formula is C17H14N2O2. The number of para-hydroxylation sites is 1. The molecule has 2 aromatic rings. The molecule has 2 rings (SSSR count). The quantitative estimate of drug-likeness (QED) is 0.855. The number of nitrogens with zero attached hydrogens (tertiary/aromatic N) is 1.